The molecule has 2 rings (SSSR count). The summed E-state index contributed by atoms with van der Waals surface area (Å²) in [4.78, 5) is 19.1. The van der Waals surface area contributed by atoms with Gasteiger partial charge in [0.1, 0.15) is 0 Å². The molecule has 1 saturated heterocycles. The van der Waals surface area contributed by atoms with Gasteiger partial charge in [0.25, 0.3) is 0 Å². The Hall–Kier alpha value is -1.30. The molecule has 6 nitrogen and oxygen atoms in total. The van der Waals surface area contributed by atoms with Crippen molar-refractivity contribution in [3.05, 3.63) is 0 Å². The van der Waals surface area contributed by atoms with Crippen molar-refractivity contribution < 1.29 is 9.90 Å². The Morgan fingerprint density at radius 3 is 2.36 bits per heavy atom. The van der Waals surface area contributed by atoms with E-state index < -0.39 is 5.60 Å². The van der Waals surface area contributed by atoms with Crippen molar-refractivity contribution in [2.75, 3.05) is 26.2 Å². The average Bonchev–Trinajstić information content (AvgIpc) is 2.60. The van der Waals surface area contributed by atoms with Crippen molar-refractivity contribution in [2.24, 2.45) is 10.9 Å². The monoisotopic (exact) mass is 352 g/mol. The first kappa shape index (κ1) is 20.0. The summed E-state index contributed by atoms with van der Waals surface area (Å²) < 4.78 is 0. The van der Waals surface area contributed by atoms with E-state index in [2.05, 4.69) is 29.5 Å². The first-order valence-corrected chi connectivity index (χ1v) is 10.1. The molecule has 1 aliphatic carbocycles. The number of guanidine groups is 1. The minimum atomic E-state index is -0.590. The van der Waals surface area contributed by atoms with Crippen LogP contribution < -0.4 is 10.6 Å². The average molecular weight is 353 g/mol. The van der Waals surface area contributed by atoms with Crippen LogP contribution >= 0.6 is 0 Å². The zero-order chi connectivity index (χ0) is 18.3. The summed E-state index contributed by atoms with van der Waals surface area (Å²) in [5.74, 6) is 1.27. The second-order valence-corrected chi connectivity index (χ2v) is 7.53. The number of nitrogens with one attached hydrogen (secondary N) is 2. The number of piperidine rings is 1. The summed E-state index contributed by atoms with van der Waals surface area (Å²) in [5.41, 5.74) is -0.590. The van der Waals surface area contributed by atoms with Gasteiger partial charge in [-0.05, 0) is 51.9 Å². The molecule has 0 unspecified atom stereocenters. The maximum absolute atomic E-state index is 12.5. The van der Waals surface area contributed by atoms with Crippen LogP contribution in [0.15, 0.2) is 4.99 Å². The maximum atomic E-state index is 12.5. The highest BCUT2D eigenvalue weighted by molar-refractivity contribution is 5.80. The normalized spacial score (nSPS) is 21.2. The highest BCUT2D eigenvalue weighted by Gasteiger charge is 2.34. The molecule has 0 bridgehead atoms. The fraction of sp³-hybridized carbons (Fsp3) is 0.895. The number of hydrogen-bond donors (Lipinski definition) is 3. The standard InChI is InChI=1S/C19H36N4O2/c1-4-15(5-2)17(24)23-12-8-16(9-13-23)22-18(20-6-3)21-14-19(25)10-7-11-19/h15-16,25H,4-14H2,1-3H3,(H2,20,21,22). The van der Waals surface area contributed by atoms with Gasteiger partial charge < -0.3 is 20.6 Å². The van der Waals surface area contributed by atoms with Crippen LogP contribution in [-0.2, 0) is 4.79 Å². The van der Waals surface area contributed by atoms with E-state index in [9.17, 15) is 9.90 Å². The lowest BCUT2D eigenvalue weighted by molar-refractivity contribution is -0.136. The Bertz CT molecular complexity index is 450. The van der Waals surface area contributed by atoms with Crippen LogP contribution in [0.4, 0.5) is 0 Å². The van der Waals surface area contributed by atoms with Gasteiger partial charge in [-0.2, -0.15) is 0 Å². The molecule has 3 N–H and O–H groups in total. The molecule has 1 saturated carbocycles. The number of rotatable bonds is 7. The quantitative estimate of drug-likeness (QED) is 0.483. The predicted molar refractivity (Wildman–Crippen MR) is 102 cm³/mol. The van der Waals surface area contributed by atoms with Crippen LogP contribution in [0.5, 0.6) is 0 Å². The SMILES string of the molecule is CCNC(=NCC1(O)CCC1)NC1CCN(C(=O)C(CC)CC)CC1. The molecule has 0 spiro atoms. The summed E-state index contributed by atoms with van der Waals surface area (Å²) in [5, 5.41) is 17.0. The molecule has 1 amide bonds. The summed E-state index contributed by atoms with van der Waals surface area (Å²) in [7, 11) is 0. The highest BCUT2D eigenvalue weighted by Crippen LogP contribution is 2.31. The van der Waals surface area contributed by atoms with Gasteiger partial charge in [-0.1, -0.05) is 13.8 Å². The molecule has 0 atom stereocenters. The Morgan fingerprint density at radius 1 is 1.24 bits per heavy atom. The van der Waals surface area contributed by atoms with Gasteiger partial charge in [0.2, 0.25) is 5.91 Å². The third-order valence-electron chi connectivity index (χ3n) is 5.64. The lowest BCUT2D eigenvalue weighted by atomic mass is 9.80. The van der Waals surface area contributed by atoms with E-state index in [1.807, 2.05) is 11.8 Å². The number of nitrogens with zero attached hydrogens (tertiary/aromatic N) is 2. The summed E-state index contributed by atoms with van der Waals surface area (Å²) in [6, 6.07) is 0.333. The Balaban J connectivity index is 1.82. The predicted octanol–water partition coefficient (Wildman–Crippen LogP) is 1.88. The number of carbonyl (C=O) groups excluding carboxylic acids is 1. The third-order valence-corrected chi connectivity index (χ3v) is 5.64. The van der Waals surface area contributed by atoms with Crippen molar-refractivity contribution in [1.82, 2.24) is 15.5 Å². The molecule has 0 radical (unpaired) electrons. The van der Waals surface area contributed by atoms with Gasteiger partial charge >= 0.3 is 0 Å². The molecule has 2 fully saturated rings. The number of aliphatic hydroxyl groups is 1. The molecule has 0 aromatic carbocycles. The van der Waals surface area contributed by atoms with Crippen molar-refractivity contribution >= 4 is 11.9 Å². The topological polar surface area (TPSA) is 77.0 Å². The molecule has 25 heavy (non-hydrogen) atoms. The smallest absolute Gasteiger partial charge is 0.225 e. The highest BCUT2D eigenvalue weighted by atomic mass is 16.3. The van der Waals surface area contributed by atoms with Gasteiger partial charge in [-0.25, -0.2) is 0 Å². The van der Waals surface area contributed by atoms with Crippen LogP contribution in [0.25, 0.3) is 0 Å². The molecule has 6 heteroatoms. The second kappa shape index (κ2) is 9.41. The van der Waals surface area contributed by atoms with Crippen LogP contribution in [0.3, 0.4) is 0 Å². The summed E-state index contributed by atoms with van der Waals surface area (Å²) in [6.45, 7) is 9.13. The van der Waals surface area contributed by atoms with Crippen molar-refractivity contribution in [3.63, 3.8) is 0 Å². The molecule has 2 aliphatic rings. The van der Waals surface area contributed by atoms with E-state index in [1.165, 1.54) is 0 Å². The van der Waals surface area contributed by atoms with E-state index in [0.29, 0.717) is 18.5 Å². The van der Waals surface area contributed by atoms with Crippen LogP contribution in [0, 0.1) is 5.92 Å². The number of hydrogen-bond acceptors (Lipinski definition) is 3. The molecular formula is C19H36N4O2. The summed E-state index contributed by atoms with van der Waals surface area (Å²) >= 11 is 0. The van der Waals surface area contributed by atoms with Crippen LogP contribution in [0.2, 0.25) is 0 Å². The number of aliphatic imine (C=N–C) groups is 1. The van der Waals surface area contributed by atoms with Gasteiger partial charge in [0, 0.05) is 31.6 Å². The number of carbonyl (C=O) groups is 1. The zero-order valence-electron chi connectivity index (χ0n) is 16.2. The first-order valence-electron chi connectivity index (χ1n) is 10.1. The third kappa shape index (κ3) is 5.59. The molecule has 0 aromatic rings. The minimum absolute atomic E-state index is 0.173. The lowest BCUT2D eigenvalue weighted by Crippen LogP contribution is -2.51. The second-order valence-electron chi connectivity index (χ2n) is 7.53. The minimum Gasteiger partial charge on any atom is -0.388 e. The molecule has 0 aromatic heterocycles. The van der Waals surface area contributed by atoms with Gasteiger partial charge in [-0.15, -0.1) is 0 Å². The number of amides is 1. The maximum Gasteiger partial charge on any atom is 0.225 e. The van der Waals surface area contributed by atoms with Crippen molar-refractivity contribution in [2.45, 2.75) is 77.4 Å². The Morgan fingerprint density at radius 2 is 1.88 bits per heavy atom. The summed E-state index contributed by atoms with van der Waals surface area (Å²) in [6.07, 6.45) is 6.54. The first-order chi connectivity index (χ1) is 12.0. The molecule has 144 valence electrons. The van der Waals surface area contributed by atoms with Crippen LogP contribution in [0.1, 0.15) is 65.7 Å². The van der Waals surface area contributed by atoms with E-state index >= 15 is 0 Å². The fourth-order valence-corrected chi connectivity index (χ4v) is 3.62. The Labute approximate surface area is 152 Å². The van der Waals surface area contributed by atoms with E-state index in [4.69, 9.17) is 0 Å². The molecule has 1 aliphatic heterocycles. The molecule has 1 heterocycles. The van der Waals surface area contributed by atoms with Gasteiger partial charge in [0.05, 0.1) is 12.1 Å². The zero-order valence-corrected chi connectivity index (χ0v) is 16.2. The largest absolute Gasteiger partial charge is 0.388 e. The fourth-order valence-electron chi connectivity index (χ4n) is 3.62. The van der Waals surface area contributed by atoms with E-state index in [0.717, 1.165) is 70.5 Å². The van der Waals surface area contributed by atoms with Crippen molar-refractivity contribution in [3.8, 4) is 0 Å². The van der Waals surface area contributed by atoms with E-state index in [1.54, 1.807) is 0 Å². The van der Waals surface area contributed by atoms with Gasteiger partial charge in [0.15, 0.2) is 5.96 Å². The lowest BCUT2D eigenvalue weighted by Gasteiger charge is -2.36. The van der Waals surface area contributed by atoms with Crippen molar-refractivity contribution in [1.29, 1.82) is 0 Å². The molecular weight excluding hydrogens is 316 g/mol. The Kier molecular flexibility index (Phi) is 7.54. The van der Waals surface area contributed by atoms with Gasteiger partial charge in [-0.3, -0.25) is 9.79 Å². The number of likely N-dealkylation sites (tertiary alicyclic amines) is 1. The van der Waals surface area contributed by atoms with Crippen LogP contribution in [-0.4, -0.2) is 59.7 Å². The van der Waals surface area contributed by atoms with E-state index in [-0.39, 0.29) is 5.92 Å².